The summed E-state index contributed by atoms with van der Waals surface area (Å²) < 4.78 is 10.9. The van der Waals surface area contributed by atoms with Gasteiger partial charge in [-0.2, -0.15) is 0 Å². The zero-order valence-corrected chi connectivity index (χ0v) is 27.7. The Morgan fingerprint density at radius 3 is 2.23 bits per heavy atom. The minimum Gasteiger partial charge on any atom is -0.444 e. The Balaban J connectivity index is 1.84. The average molecular weight is 595 g/mol. The van der Waals surface area contributed by atoms with E-state index in [1.54, 1.807) is 41.5 Å². The van der Waals surface area contributed by atoms with Gasteiger partial charge in [0.25, 0.3) is 0 Å². The maximum atomic E-state index is 12.7. The zero-order chi connectivity index (χ0) is 31.9. The zero-order valence-electron chi connectivity index (χ0n) is 27.7. The lowest BCUT2D eigenvalue weighted by atomic mass is 9.98. The van der Waals surface area contributed by atoms with Gasteiger partial charge in [-0.3, -0.25) is 20.2 Å². The lowest BCUT2D eigenvalue weighted by Crippen LogP contribution is -2.52. The summed E-state index contributed by atoms with van der Waals surface area (Å²) in [5, 5.41) is 2.70. The van der Waals surface area contributed by atoms with Crippen molar-refractivity contribution in [3.63, 3.8) is 0 Å². The number of likely N-dealkylation sites (tertiary alicyclic amines) is 1. The molecule has 0 saturated carbocycles. The Morgan fingerprint density at radius 2 is 1.65 bits per heavy atom. The number of nitrogens with one attached hydrogen (secondary N) is 1. The number of nitrogens with zero attached hydrogens (tertiary/aromatic N) is 5. The molecule has 1 fully saturated rings. The summed E-state index contributed by atoms with van der Waals surface area (Å²) in [6, 6.07) is 6.55. The number of hydrogen-bond donors (Lipinski definition) is 1. The third-order valence-electron chi connectivity index (χ3n) is 7.06. The average Bonchev–Trinajstić information content (AvgIpc) is 2.87. The van der Waals surface area contributed by atoms with Crippen molar-refractivity contribution in [3.05, 3.63) is 58.7 Å². The minimum atomic E-state index is -0.764. The third-order valence-corrected chi connectivity index (χ3v) is 7.06. The predicted octanol–water partition coefficient (Wildman–Crippen LogP) is 6.50. The van der Waals surface area contributed by atoms with Crippen molar-refractivity contribution in [1.82, 2.24) is 25.1 Å². The number of piperidine rings is 1. The highest BCUT2D eigenvalue weighted by Crippen LogP contribution is 2.25. The molecule has 10 nitrogen and oxygen atoms in total. The summed E-state index contributed by atoms with van der Waals surface area (Å²) in [6.45, 7) is 21.8. The molecule has 43 heavy (non-hydrogen) atoms. The molecule has 0 atom stereocenters. The van der Waals surface area contributed by atoms with Gasteiger partial charge in [0, 0.05) is 44.6 Å². The highest BCUT2D eigenvalue weighted by molar-refractivity contribution is 5.99. The van der Waals surface area contributed by atoms with Crippen LogP contribution in [0.4, 0.5) is 9.59 Å². The van der Waals surface area contributed by atoms with Crippen LogP contribution in [0.5, 0.6) is 0 Å². The molecule has 10 heteroatoms. The van der Waals surface area contributed by atoms with E-state index in [0.29, 0.717) is 32.1 Å². The molecule has 0 unspecified atom stereocenters. The SMILES string of the molecule is Cc1cnc(CN(Cc2ncccc2C(C)C)C2CCN(C(=NC(=O)OC(C)(C)C)NC(=O)OC(C)(C)C)CC2)c(C)c1. The monoisotopic (exact) mass is 594 g/mol. The second-order valence-electron chi connectivity index (χ2n) is 13.6. The molecule has 0 bridgehead atoms. The van der Waals surface area contributed by atoms with Gasteiger partial charge >= 0.3 is 12.2 Å². The van der Waals surface area contributed by atoms with Crippen LogP contribution in [0, 0.1) is 13.8 Å². The quantitative estimate of drug-likeness (QED) is 0.298. The number of aryl methyl sites for hydroxylation is 2. The number of aliphatic imine (C=N–C) groups is 1. The molecular formula is C33H50N6O4. The highest BCUT2D eigenvalue weighted by Gasteiger charge is 2.30. The lowest BCUT2D eigenvalue weighted by molar-refractivity contribution is 0.0548. The number of carbonyl (C=O) groups is 2. The Bertz CT molecular complexity index is 1290. The predicted molar refractivity (Wildman–Crippen MR) is 169 cm³/mol. The fourth-order valence-corrected chi connectivity index (χ4v) is 5.10. The van der Waals surface area contributed by atoms with Crippen molar-refractivity contribution >= 4 is 18.1 Å². The van der Waals surface area contributed by atoms with Crippen LogP contribution in [-0.2, 0) is 22.6 Å². The summed E-state index contributed by atoms with van der Waals surface area (Å²) in [5.74, 6) is 0.494. The largest absolute Gasteiger partial charge is 0.444 e. The van der Waals surface area contributed by atoms with E-state index < -0.39 is 23.4 Å². The van der Waals surface area contributed by atoms with Crippen molar-refractivity contribution in [3.8, 4) is 0 Å². The van der Waals surface area contributed by atoms with Gasteiger partial charge in [-0.25, -0.2) is 9.59 Å². The van der Waals surface area contributed by atoms with Crippen LogP contribution in [0.1, 0.15) is 102 Å². The molecule has 0 spiro atoms. The smallest absolute Gasteiger partial charge is 0.437 e. The van der Waals surface area contributed by atoms with Crippen molar-refractivity contribution < 1.29 is 19.1 Å². The first-order chi connectivity index (χ1) is 20.0. The van der Waals surface area contributed by atoms with Crippen molar-refractivity contribution in [1.29, 1.82) is 0 Å². The summed E-state index contributed by atoms with van der Waals surface area (Å²) in [6.07, 6.45) is 3.93. The number of alkyl carbamates (subject to hydrolysis) is 1. The van der Waals surface area contributed by atoms with Gasteiger partial charge in [-0.05, 0) is 96.9 Å². The second kappa shape index (κ2) is 14.3. The van der Waals surface area contributed by atoms with E-state index in [4.69, 9.17) is 19.4 Å². The molecule has 236 valence electrons. The second-order valence-corrected chi connectivity index (χ2v) is 13.6. The fourth-order valence-electron chi connectivity index (χ4n) is 5.10. The van der Waals surface area contributed by atoms with E-state index >= 15 is 0 Å². The normalized spacial score (nSPS) is 15.2. The molecule has 2 aromatic rings. The molecule has 1 aliphatic heterocycles. The number of amides is 2. The van der Waals surface area contributed by atoms with Gasteiger partial charge in [0.1, 0.15) is 11.2 Å². The topological polar surface area (TPSA) is 109 Å². The van der Waals surface area contributed by atoms with Crippen molar-refractivity contribution in [2.75, 3.05) is 13.1 Å². The number of guanidine groups is 1. The Hall–Kier alpha value is -3.53. The summed E-state index contributed by atoms with van der Waals surface area (Å²) in [5.41, 5.74) is 4.26. The van der Waals surface area contributed by atoms with Gasteiger partial charge in [-0.1, -0.05) is 26.0 Å². The number of rotatable bonds is 6. The molecule has 3 rings (SSSR count). The van der Waals surface area contributed by atoms with Gasteiger partial charge in [0.2, 0.25) is 5.96 Å². The number of hydrogen-bond acceptors (Lipinski definition) is 7. The summed E-state index contributed by atoms with van der Waals surface area (Å²) in [4.78, 5) is 43.4. The van der Waals surface area contributed by atoms with Crippen LogP contribution in [0.15, 0.2) is 35.6 Å². The molecule has 0 aliphatic carbocycles. The molecule has 0 aromatic carbocycles. The first-order valence-electron chi connectivity index (χ1n) is 15.2. The van der Waals surface area contributed by atoms with Crippen LogP contribution < -0.4 is 5.32 Å². The van der Waals surface area contributed by atoms with Crippen molar-refractivity contribution in [2.24, 2.45) is 4.99 Å². The fraction of sp³-hybridized carbons (Fsp3) is 0.606. The van der Waals surface area contributed by atoms with E-state index in [1.165, 1.54) is 11.1 Å². The van der Waals surface area contributed by atoms with E-state index in [9.17, 15) is 9.59 Å². The molecule has 3 heterocycles. The van der Waals surface area contributed by atoms with Crippen LogP contribution in [-0.4, -0.2) is 68.2 Å². The molecule has 1 aliphatic rings. The van der Waals surface area contributed by atoms with E-state index in [1.807, 2.05) is 23.4 Å². The van der Waals surface area contributed by atoms with E-state index in [2.05, 4.69) is 55.0 Å². The molecule has 1 saturated heterocycles. The van der Waals surface area contributed by atoms with Crippen LogP contribution in [0.2, 0.25) is 0 Å². The maximum Gasteiger partial charge on any atom is 0.437 e. The molecule has 1 N–H and O–H groups in total. The number of aromatic nitrogens is 2. The highest BCUT2D eigenvalue weighted by atomic mass is 16.6. The van der Waals surface area contributed by atoms with Gasteiger partial charge < -0.3 is 14.4 Å². The van der Waals surface area contributed by atoms with Crippen LogP contribution >= 0.6 is 0 Å². The van der Waals surface area contributed by atoms with E-state index in [0.717, 1.165) is 29.8 Å². The van der Waals surface area contributed by atoms with Gasteiger partial charge in [0.05, 0.1) is 11.4 Å². The summed E-state index contributed by atoms with van der Waals surface area (Å²) >= 11 is 0. The summed E-state index contributed by atoms with van der Waals surface area (Å²) in [7, 11) is 0. The van der Waals surface area contributed by atoms with Gasteiger partial charge in [-0.15, -0.1) is 4.99 Å². The Labute approximate surface area is 257 Å². The van der Waals surface area contributed by atoms with Crippen LogP contribution in [0.3, 0.4) is 0 Å². The number of pyridine rings is 2. The van der Waals surface area contributed by atoms with Gasteiger partial charge in [0.15, 0.2) is 0 Å². The molecule has 2 aromatic heterocycles. The number of carbonyl (C=O) groups excluding carboxylic acids is 2. The standard InChI is InChI=1S/C33H50N6O4/c1-22(2)26-12-11-15-34-28(26)21-39(20-27-24(4)18-23(3)19-35-27)25-13-16-38(17-14-25)29(36-30(40)42-32(5,6)7)37-31(41)43-33(8,9)10/h11-12,15,18-19,22,25H,13-14,16-17,20-21H2,1-10H3,(H,36,37,40,41). The minimum absolute atomic E-state index is 0.136. The first kappa shape index (κ1) is 34.0. The van der Waals surface area contributed by atoms with Crippen molar-refractivity contribution in [2.45, 2.75) is 118 Å². The molecule has 0 radical (unpaired) electrons. The third kappa shape index (κ3) is 10.9. The number of ether oxygens (including phenoxy) is 2. The first-order valence-corrected chi connectivity index (χ1v) is 15.2. The molecule has 2 amide bonds. The maximum absolute atomic E-state index is 12.7. The lowest BCUT2D eigenvalue weighted by Gasteiger charge is -2.39. The van der Waals surface area contributed by atoms with Crippen LogP contribution in [0.25, 0.3) is 0 Å². The van der Waals surface area contributed by atoms with E-state index in [-0.39, 0.29) is 12.0 Å². The molecular weight excluding hydrogens is 544 g/mol. The Morgan fingerprint density at radius 1 is 1.02 bits per heavy atom. The Kier molecular flexibility index (Phi) is 11.3.